The minimum absolute atomic E-state index is 0.0344. The SMILES string of the molecule is CC(C)NC(=O)C[C@H]1COc2ccc(Cl)cc2N1Cc1ccccc1. The fraction of sp³-hybridized carbons (Fsp3) is 0.350. The molecule has 1 amide bonds. The molecule has 0 saturated heterocycles. The first-order valence-corrected chi connectivity index (χ1v) is 8.93. The molecule has 25 heavy (non-hydrogen) atoms. The van der Waals surface area contributed by atoms with Gasteiger partial charge in [0.2, 0.25) is 5.91 Å². The van der Waals surface area contributed by atoms with Crippen LogP contribution < -0.4 is 15.0 Å². The van der Waals surface area contributed by atoms with E-state index in [4.69, 9.17) is 16.3 Å². The molecule has 3 rings (SSSR count). The molecule has 4 nitrogen and oxygen atoms in total. The van der Waals surface area contributed by atoms with Crippen molar-refractivity contribution in [3.05, 3.63) is 59.1 Å². The molecule has 1 aliphatic rings. The molecule has 0 radical (unpaired) electrons. The number of nitrogens with one attached hydrogen (secondary N) is 1. The molecule has 0 unspecified atom stereocenters. The Labute approximate surface area is 153 Å². The summed E-state index contributed by atoms with van der Waals surface area (Å²) >= 11 is 6.21. The average molecular weight is 359 g/mol. The van der Waals surface area contributed by atoms with Gasteiger partial charge in [-0.3, -0.25) is 4.79 Å². The Morgan fingerprint density at radius 2 is 2.04 bits per heavy atom. The van der Waals surface area contributed by atoms with Gasteiger partial charge in [0.25, 0.3) is 0 Å². The predicted octanol–water partition coefficient (Wildman–Crippen LogP) is 4.02. The number of ether oxygens (including phenoxy) is 1. The second-order valence-electron chi connectivity index (χ2n) is 6.62. The third kappa shape index (κ3) is 4.45. The van der Waals surface area contributed by atoms with Crippen molar-refractivity contribution in [2.45, 2.75) is 38.9 Å². The number of anilines is 1. The van der Waals surface area contributed by atoms with Crippen molar-refractivity contribution in [2.24, 2.45) is 0 Å². The van der Waals surface area contributed by atoms with E-state index in [1.165, 1.54) is 5.56 Å². The maximum Gasteiger partial charge on any atom is 0.222 e. The monoisotopic (exact) mass is 358 g/mol. The maximum absolute atomic E-state index is 12.3. The number of hydrogen-bond acceptors (Lipinski definition) is 3. The van der Waals surface area contributed by atoms with Gasteiger partial charge in [-0.25, -0.2) is 0 Å². The molecule has 132 valence electrons. The summed E-state index contributed by atoms with van der Waals surface area (Å²) in [6, 6.07) is 15.9. The van der Waals surface area contributed by atoms with E-state index in [2.05, 4.69) is 22.3 Å². The number of fused-ring (bicyclic) bond motifs is 1. The van der Waals surface area contributed by atoms with Gasteiger partial charge in [0, 0.05) is 17.6 Å². The third-order valence-electron chi connectivity index (χ3n) is 4.17. The Morgan fingerprint density at radius 3 is 2.76 bits per heavy atom. The van der Waals surface area contributed by atoms with Gasteiger partial charge in [-0.2, -0.15) is 0 Å². The highest BCUT2D eigenvalue weighted by molar-refractivity contribution is 6.31. The summed E-state index contributed by atoms with van der Waals surface area (Å²) in [4.78, 5) is 14.5. The van der Waals surface area contributed by atoms with Gasteiger partial charge in [0.1, 0.15) is 12.4 Å². The largest absolute Gasteiger partial charge is 0.489 e. The van der Waals surface area contributed by atoms with E-state index < -0.39 is 0 Å². The highest BCUT2D eigenvalue weighted by atomic mass is 35.5. The smallest absolute Gasteiger partial charge is 0.222 e. The van der Waals surface area contributed by atoms with Gasteiger partial charge in [0.15, 0.2) is 0 Å². The summed E-state index contributed by atoms with van der Waals surface area (Å²) in [6.07, 6.45) is 0.386. The maximum atomic E-state index is 12.3. The van der Waals surface area contributed by atoms with E-state index in [0.717, 1.165) is 11.4 Å². The molecule has 1 aliphatic heterocycles. The Hall–Kier alpha value is -2.20. The van der Waals surface area contributed by atoms with Crippen LogP contribution in [0.3, 0.4) is 0 Å². The van der Waals surface area contributed by atoms with Crippen molar-refractivity contribution in [1.82, 2.24) is 5.32 Å². The lowest BCUT2D eigenvalue weighted by atomic mass is 10.1. The fourth-order valence-corrected chi connectivity index (χ4v) is 3.23. The van der Waals surface area contributed by atoms with E-state index >= 15 is 0 Å². The molecule has 0 aliphatic carbocycles. The van der Waals surface area contributed by atoms with Crippen LogP contribution in [0.5, 0.6) is 5.75 Å². The zero-order valence-electron chi connectivity index (χ0n) is 14.5. The minimum Gasteiger partial charge on any atom is -0.489 e. The molecule has 0 aromatic heterocycles. The van der Waals surface area contributed by atoms with Gasteiger partial charge < -0.3 is 15.0 Å². The van der Waals surface area contributed by atoms with Crippen molar-refractivity contribution >= 4 is 23.2 Å². The van der Waals surface area contributed by atoms with Crippen LogP contribution in [0, 0.1) is 0 Å². The number of hydrogen-bond donors (Lipinski definition) is 1. The van der Waals surface area contributed by atoms with Gasteiger partial charge in [-0.15, -0.1) is 0 Å². The number of carbonyl (C=O) groups excluding carboxylic acids is 1. The molecule has 2 aromatic rings. The lowest BCUT2D eigenvalue weighted by Crippen LogP contribution is -2.46. The summed E-state index contributed by atoms with van der Waals surface area (Å²) < 4.78 is 5.88. The second-order valence-corrected chi connectivity index (χ2v) is 7.05. The van der Waals surface area contributed by atoms with Gasteiger partial charge in [0.05, 0.1) is 18.2 Å². The van der Waals surface area contributed by atoms with E-state index in [0.29, 0.717) is 24.6 Å². The van der Waals surface area contributed by atoms with Crippen LogP contribution in [0.15, 0.2) is 48.5 Å². The molecule has 5 heteroatoms. The molecular weight excluding hydrogens is 336 g/mol. The van der Waals surface area contributed by atoms with E-state index in [1.807, 2.05) is 50.2 Å². The number of rotatable bonds is 5. The Kier molecular flexibility index (Phi) is 5.49. The predicted molar refractivity (Wildman–Crippen MR) is 101 cm³/mol. The normalized spacial score (nSPS) is 16.3. The van der Waals surface area contributed by atoms with Crippen molar-refractivity contribution < 1.29 is 9.53 Å². The molecule has 0 saturated carbocycles. The first kappa shape index (κ1) is 17.6. The van der Waals surface area contributed by atoms with E-state index in [9.17, 15) is 4.79 Å². The number of benzene rings is 2. The minimum atomic E-state index is -0.0371. The molecule has 0 spiro atoms. The van der Waals surface area contributed by atoms with Crippen molar-refractivity contribution in [3.63, 3.8) is 0 Å². The van der Waals surface area contributed by atoms with Crippen LogP contribution in [0.25, 0.3) is 0 Å². The van der Waals surface area contributed by atoms with Crippen LogP contribution >= 0.6 is 11.6 Å². The summed E-state index contributed by atoms with van der Waals surface area (Å²) in [7, 11) is 0. The Morgan fingerprint density at radius 1 is 1.28 bits per heavy atom. The first-order valence-electron chi connectivity index (χ1n) is 8.55. The number of carbonyl (C=O) groups is 1. The van der Waals surface area contributed by atoms with Gasteiger partial charge >= 0.3 is 0 Å². The van der Waals surface area contributed by atoms with Crippen LogP contribution in [0.2, 0.25) is 5.02 Å². The number of amides is 1. The van der Waals surface area contributed by atoms with Crippen LogP contribution in [0.4, 0.5) is 5.69 Å². The van der Waals surface area contributed by atoms with Crippen molar-refractivity contribution in [2.75, 3.05) is 11.5 Å². The quantitative estimate of drug-likeness (QED) is 0.877. The Bertz CT molecular complexity index is 734. The summed E-state index contributed by atoms with van der Waals surface area (Å²) in [5.41, 5.74) is 2.12. The standard InChI is InChI=1S/C20H23ClN2O2/c1-14(2)22-20(24)11-17-13-25-19-9-8-16(21)10-18(19)23(17)12-15-6-4-3-5-7-15/h3-10,14,17H,11-13H2,1-2H3,(H,22,24)/t17-/m0/s1. The van der Waals surface area contributed by atoms with Crippen LogP contribution in [0.1, 0.15) is 25.8 Å². The topological polar surface area (TPSA) is 41.6 Å². The molecule has 1 heterocycles. The zero-order valence-corrected chi connectivity index (χ0v) is 15.3. The first-order chi connectivity index (χ1) is 12.0. The Balaban J connectivity index is 1.87. The van der Waals surface area contributed by atoms with E-state index in [-0.39, 0.29) is 18.0 Å². The third-order valence-corrected chi connectivity index (χ3v) is 4.40. The molecule has 1 N–H and O–H groups in total. The summed E-state index contributed by atoms with van der Waals surface area (Å²) in [5, 5.41) is 3.62. The van der Waals surface area contributed by atoms with E-state index in [1.54, 1.807) is 0 Å². The average Bonchev–Trinajstić information content (AvgIpc) is 2.57. The summed E-state index contributed by atoms with van der Waals surface area (Å²) in [6.45, 7) is 5.11. The number of halogens is 1. The van der Waals surface area contributed by atoms with Crippen LogP contribution in [-0.2, 0) is 11.3 Å². The molecule has 1 atom stereocenters. The fourth-order valence-electron chi connectivity index (χ4n) is 3.07. The second kappa shape index (κ2) is 7.79. The lowest BCUT2D eigenvalue weighted by molar-refractivity contribution is -0.122. The highest BCUT2D eigenvalue weighted by Gasteiger charge is 2.29. The lowest BCUT2D eigenvalue weighted by Gasteiger charge is -2.38. The van der Waals surface area contributed by atoms with Crippen molar-refractivity contribution in [1.29, 1.82) is 0 Å². The zero-order chi connectivity index (χ0) is 17.8. The molecule has 0 bridgehead atoms. The van der Waals surface area contributed by atoms with Gasteiger partial charge in [-0.05, 0) is 37.6 Å². The highest BCUT2D eigenvalue weighted by Crippen LogP contribution is 2.37. The molecular formula is C20H23ClN2O2. The summed E-state index contributed by atoms with van der Waals surface area (Å²) in [5.74, 6) is 0.841. The van der Waals surface area contributed by atoms with Crippen molar-refractivity contribution in [3.8, 4) is 5.75 Å². The van der Waals surface area contributed by atoms with Gasteiger partial charge in [-0.1, -0.05) is 41.9 Å². The number of nitrogens with zero attached hydrogens (tertiary/aromatic N) is 1. The molecule has 2 aromatic carbocycles. The molecule has 0 fully saturated rings. The van der Waals surface area contributed by atoms with Crippen LogP contribution in [-0.4, -0.2) is 24.6 Å².